The van der Waals surface area contributed by atoms with Crippen LogP contribution in [0.25, 0.3) is 0 Å². The molecule has 0 bridgehead atoms. The fraction of sp³-hybridized carbons (Fsp3) is 0.353. The van der Waals surface area contributed by atoms with Crippen LogP contribution in [0.5, 0.6) is 0 Å². The van der Waals surface area contributed by atoms with Gasteiger partial charge in [-0.2, -0.15) is 0 Å². The quantitative estimate of drug-likeness (QED) is 0.923. The Kier molecular flexibility index (Phi) is 3.55. The van der Waals surface area contributed by atoms with Crippen molar-refractivity contribution in [1.82, 2.24) is 9.88 Å². The number of aryl methyl sites for hydroxylation is 1. The molecule has 3 rings (SSSR count). The molecule has 0 aliphatic carbocycles. The molecule has 1 aromatic heterocycles. The Morgan fingerprint density at radius 2 is 1.90 bits per heavy atom. The first-order valence-corrected chi connectivity index (χ1v) is 7.03. The Morgan fingerprint density at radius 3 is 2.55 bits per heavy atom. The maximum Gasteiger partial charge on any atom is 0.0552 e. The first kappa shape index (κ1) is 13.3. The molecular formula is C17H20N2O. The molecule has 3 nitrogen and oxygen atoms in total. The average Bonchev–Trinajstić information content (AvgIpc) is 2.45. The summed E-state index contributed by atoms with van der Waals surface area (Å²) in [5, 5.41) is 9.79. The predicted molar refractivity (Wildman–Crippen MR) is 79.5 cm³/mol. The topological polar surface area (TPSA) is 36.4 Å². The number of aliphatic hydroxyl groups excluding tert-OH is 1. The number of aromatic nitrogens is 1. The zero-order valence-corrected chi connectivity index (χ0v) is 11.8. The molecule has 0 saturated carbocycles. The van der Waals surface area contributed by atoms with E-state index < -0.39 is 0 Å². The Morgan fingerprint density at radius 1 is 1.15 bits per heavy atom. The first-order chi connectivity index (χ1) is 9.73. The van der Waals surface area contributed by atoms with Crippen molar-refractivity contribution in [1.29, 1.82) is 0 Å². The number of pyridine rings is 1. The highest BCUT2D eigenvalue weighted by atomic mass is 16.3. The molecule has 1 aromatic carbocycles. The van der Waals surface area contributed by atoms with Crippen molar-refractivity contribution in [2.45, 2.75) is 18.9 Å². The summed E-state index contributed by atoms with van der Waals surface area (Å²) in [7, 11) is 0. The number of benzene rings is 1. The maximum absolute atomic E-state index is 9.79. The molecule has 104 valence electrons. The lowest BCUT2D eigenvalue weighted by Crippen LogP contribution is -2.60. The molecule has 20 heavy (non-hydrogen) atoms. The number of hydrogen-bond donors (Lipinski definition) is 1. The molecule has 1 saturated heterocycles. The molecule has 3 heteroatoms. The molecule has 0 amide bonds. The Labute approximate surface area is 119 Å². The second-order valence-electron chi connectivity index (χ2n) is 5.70. The van der Waals surface area contributed by atoms with E-state index in [1.54, 1.807) is 0 Å². The van der Waals surface area contributed by atoms with Crippen LogP contribution in [0.3, 0.4) is 0 Å². The van der Waals surface area contributed by atoms with Gasteiger partial charge in [0.05, 0.1) is 6.61 Å². The smallest absolute Gasteiger partial charge is 0.0552 e. The minimum Gasteiger partial charge on any atom is -0.395 e. The highest BCUT2D eigenvalue weighted by Gasteiger charge is 2.43. The predicted octanol–water partition coefficient (Wildman–Crippen LogP) is 2.14. The zero-order chi connectivity index (χ0) is 14.0. The van der Waals surface area contributed by atoms with Crippen molar-refractivity contribution < 1.29 is 5.11 Å². The number of likely N-dealkylation sites (tertiary alicyclic amines) is 1. The van der Waals surface area contributed by atoms with E-state index in [0.29, 0.717) is 0 Å². The summed E-state index contributed by atoms with van der Waals surface area (Å²) in [6.45, 7) is 4.98. The van der Waals surface area contributed by atoms with E-state index in [9.17, 15) is 5.11 Å². The highest BCUT2D eigenvalue weighted by Crippen LogP contribution is 2.35. The molecule has 1 aliphatic heterocycles. The summed E-state index contributed by atoms with van der Waals surface area (Å²) in [5.41, 5.74) is 3.51. The highest BCUT2D eigenvalue weighted by molar-refractivity contribution is 5.30. The van der Waals surface area contributed by atoms with Gasteiger partial charge in [-0.15, -0.1) is 0 Å². The Hall–Kier alpha value is -1.71. The molecule has 0 atom stereocenters. The lowest BCUT2D eigenvalue weighted by Gasteiger charge is -2.50. The van der Waals surface area contributed by atoms with E-state index in [2.05, 4.69) is 28.1 Å². The van der Waals surface area contributed by atoms with Crippen molar-refractivity contribution in [3.63, 3.8) is 0 Å². The lowest BCUT2D eigenvalue weighted by molar-refractivity contribution is 0.0138. The molecule has 1 fully saturated rings. The van der Waals surface area contributed by atoms with E-state index in [1.165, 1.54) is 11.1 Å². The van der Waals surface area contributed by atoms with Gasteiger partial charge >= 0.3 is 0 Å². The van der Waals surface area contributed by atoms with E-state index in [0.717, 1.165) is 25.3 Å². The molecule has 1 N–H and O–H groups in total. The van der Waals surface area contributed by atoms with E-state index in [-0.39, 0.29) is 12.0 Å². The summed E-state index contributed by atoms with van der Waals surface area (Å²) in [4.78, 5) is 6.70. The zero-order valence-electron chi connectivity index (χ0n) is 11.8. The lowest BCUT2D eigenvalue weighted by atomic mass is 9.74. The molecular weight excluding hydrogens is 248 g/mol. The van der Waals surface area contributed by atoms with Gasteiger partial charge < -0.3 is 5.11 Å². The van der Waals surface area contributed by atoms with E-state index in [4.69, 9.17) is 0 Å². The van der Waals surface area contributed by atoms with Crippen molar-refractivity contribution in [3.8, 4) is 0 Å². The SMILES string of the molecule is Cc1ncccc1CN1CC(CO)(c2ccccc2)C1. The van der Waals surface area contributed by atoms with Crippen molar-refractivity contribution >= 4 is 0 Å². The van der Waals surface area contributed by atoms with Crippen molar-refractivity contribution in [2.24, 2.45) is 0 Å². The summed E-state index contributed by atoms with van der Waals surface area (Å²) in [6, 6.07) is 14.4. The van der Waals surface area contributed by atoms with Crippen LogP contribution >= 0.6 is 0 Å². The molecule has 0 radical (unpaired) electrons. The van der Waals surface area contributed by atoms with Crippen LogP contribution in [-0.2, 0) is 12.0 Å². The standard InChI is InChI=1S/C17H20N2O/c1-14-15(6-5-9-18-14)10-19-11-17(12-19,13-20)16-7-3-2-4-8-16/h2-9,20H,10-13H2,1H3. The number of rotatable bonds is 4. The summed E-state index contributed by atoms with van der Waals surface area (Å²) in [5.74, 6) is 0. The van der Waals surface area contributed by atoms with Crippen LogP contribution in [0, 0.1) is 6.92 Å². The van der Waals surface area contributed by atoms with Gasteiger partial charge in [0.2, 0.25) is 0 Å². The van der Waals surface area contributed by atoms with Gasteiger partial charge in [0.1, 0.15) is 0 Å². The van der Waals surface area contributed by atoms with Gasteiger partial charge in [-0.1, -0.05) is 36.4 Å². The third kappa shape index (κ3) is 2.35. The van der Waals surface area contributed by atoms with Gasteiger partial charge in [-0.25, -0.2) is 0 Å². The number of nitrogens with zero attached hydrogens (tertiary/aromatic N) is 2. The first-order valence-electron chi connectivity index (χ1n) is 7.03. The summed E-state index contributed by atoms with van der Waals surface area (Å²) in [6.07, 6.45) is 1.83. The largest absolute Gasteiger partial charge is 0.395 e. The van der Waals surface area contributed by atoms with Gasteiger partial charge in [-0.05, 0) is 24.1 Å². The van der Waals surface area contributed by atoms with E-state index >= 15 is 0 Å². The molecule has 0 spiro atoms. The van der Waals surface area contributed by atoms with Crippen LogP contribution < -0.4 is 0 Å². The Bertz CT molecular complexity index is 577. The minimum absolute atomic E-state index is 0.0859. The van der Waals surface area contributed by atoms with Gasteiger partial charge in [-0.3, -0.25) is 9.88 Å². The van der Waals surface area contributed by atoms with Crippen LogP contribution in [0.1, 0.15) is 16.8 Å². The van der Waals surface area contributed by atoms with Gasteiger partial charge in [0.25, 0.3) is 0 Å². The third-order valence-corrected chi connectivity index (χ3v) is 4.25. The van der Waals surface area contributed by atoms with Crippen LogP contribution in [0.15, 0.2) is 48.7 Å². The second-order valence-corrected chi connectivity index (χ2v) is 5.70. The normalized spacial score (nSPS) is 17.7. The molecule has 2 heterocycles. The maximum atomic E-state index is 9.79. The minimum atomic E-state index is -0.0859. The fourth-order valence-electron chi connectivity index (χ4n) is 3.01. The van der Waals surface area contributed by atoms with Gasteiger partial charge in [0.15, 0.2) is 0 Å². The number of hydrogen-bond acceptors (Lipinski definition) is 3. The fourth-order valence-corrected chi connectivity index (χ4v) is 3.01. The van der Waals surface area contributed by atoms with Crippen LogP contribution in [0.4, 0.5) is 0 Å². The van der Waals surface area contributed by atoms with Crippen LogP contribution in [-0.4, -0.2) is 34.7 Å². The average molecular weight is 268 g/mol. The molecule has 1 aliphatic rings. The van der Waals surface area contributed by atoms with Crippen molar-refractivity contribution in [3.05, 3.63) is 65.5 Å². The van der Waals surface area contributed by atoms with E-state index in [1.807, 2.05) is 37.4 Å². The van der Waals surface area contributed by atoms with Crippen LogP contribution in [0.2, 0.25) is 0 Å². The van der Waals surface area contributed by atoms with Crippen molar-refractivity contribution in [2.75, 3.05) is 19.7 Å². The molecule has 0 unspecified atom stereocenters. The summed E-state index contributed by atoms with van der Waals surface area (Å²) < 4.78 is 0. The summed E-state index contributed by atoms with van der Waals surface area (Å²) >= 11 is 0. The van der Waals surface area contributed by atoms with Gasteiger partial charge in [0, 0.05) is 36.9 Å². The monoisotopic (exact) mass is 268 g/mol. The second kappa shape index (κ2) is 5.35. The molecule has 2 aromatic rings. The Balaban J connectivity index is 1.70. The third-order valence-electron chi connectivity index (χ3n) is 4.25. The number of aliphatic hydroxyl groups is 1.